The second-order valence-electron chi connectivity index (χ2n) is 3.17. The number of hydrogen-bond donors (Lipinski definition) is 1. The van der Waals surface area contributed by atoms with Gasteiger partial charge in [0, 0.05) is 24.2 Å². The molecule has 1 fully saturated rings. The topological polar surface area (TPSA) is 44.5 Å². The summed E-state index contributed by atoms with van der Waals surface area (Å²) in [5, 5.41) is 0.668. The molecule has 0 amide bonds. The molecule has 0 saturated carbocycles. The fourth-order valence-electron chi connectivity index (χ4n) is 1.37. The monoisotopic (exact) mass is 205 g/mol. The van der Waals surface area contributed by atoms with E-state index in [-0.39, 0.29) is 0 Å². The Morgan fingerprint density at radius 3 is 3.00 bits per heavy atom. The SMILES string of the molecule is CC1OCCC1SCCOCCN. The van der Waals surface area contributed by atoms with Crippen molar-refractivity contribution in [3.05, 3.63) is 0 Å². The van der Waals surface area contributed by atoms with Crippen LogP contribution in [0.25, 0.3) is 0 Å². The van der Waals surface area contributed by atoms with E-state index >= 15 is 0 Å². The van der Waals surface area contributed by atoms with Gasteiger partial charge in [-0.15, -0.1) is 0 Å². The van der Waals surface area contributed by atoms with E-state index in [0.29, 0.717) is 24.5 Å². The minimum atomic E-state index is 0.416. The standard InChI is InChI=1S/C9H19NO2S/c1-8-9(2-4-12-8)13-7-6-11-5-3-10/h8-9H,2-7,10H2,1H3. The Morgan fingerprint density at radius 2 is 2.38 bits per heavy atom. The molecule has 1 aliphatic heterocycles. The fraction of sp³-hybridized carbons (Fsp3) is 1.00. The third-order valence-corrected chi connectivity index (χ3v) is 3.58. The van der Waals surface area contributed by atoms with Crippen molar-refractivity contribution in [1.29, 1.82) is 0 Å². The highest BCUT2D eigenvalue weighted by Gasteiger charge is 2.23. The molecule has 1 aliphatic rings. The minimum Gasteiger partial charge on any atom is -0.379 e. The first-order valence-electron chi connectivity index (χ1n) is 4.85. The number of ether oxygens (including phenoxy) is 2. The predicted molar refractivity (Wildman–Crippen MR) is 56.2 cm³/mol. The summed E-state index contributed by atoms with van der Waals surface area (Å²) < 4.78 is 10.8. The summed E-state index contributed by atoms with van der Waals surface area (Å²) in [6, 6.07) is 0. The highest BCUT2D eigenvalue weighted by atomic mass is 32.2. The van der Waals surface area contributed by atoms with Crippen molar-refractivity contribution in [2.45, 2.75) is 24.7 Å². The first-order chi connectivity index (χ1) is 6.34. The predicted octanol–water partition coefficient (Wildman–Crippen LogP) is 0.872. The van der Waals surface area contributed by atoms with Crippen LogP contribution in [0.15, 0.2) is 0 Å². The summed E-state index contributed by atoms with van der Waals surface area (Å²) in [7, 11) is 0. The van der Waals surface area contributed by atoms with Gasteiger partial charge in [0.2, 0.25) is 0 Å². The van der Waals surface area contributed by atoms with Crippen LogP contribution in [0.4, 0.5) is 0 Å². The number of thioether (sulfide) groups is 1. The van der Waals surface area contributed by atoms with Crippen LogP contribution < -0.4 is 5.73 Å². The van der Waals surface area contributed by atoms with Crippen molar-refractivity contribution < 1.29 is 9.47 Å². The lowest BCUT2D eigenvalue weighted by atomic mass is 10.3. The van der Waals surface area contributed by atoms with Crippen LogP contribution in [0.5, 0.6) is 0 Å². The van der Waals surface area contributed by atoms with Gasteiger partial charge in [-0.2, -0.15) is 11.8 Å². The third-order valence-electron chi connectivity index (χ3n) is 2.13. The highest BCUT2D eigenvalue weighted by molar-refractivity contribution is 7.99. The molecule has 0 spiro atoms. The maximum atomic E-state index is 5.46. The molecule has 78 valence electrons. The van der Waals surface area contributed by atoms with Gasteiger partial charge in [-0.05, 0) is 13.3 Å². The molecule has 13 heavy (non-hydrogen) atoms. The maximum absolute atomic E-state index is 5.46. The van der Waals surface area contributed by atoms with Crippen LogP contribution in [-0.4, -0.2) is 43.5 Å². The van der Waals surface area contributed by atoms with E-state index in [1.807, 2.05) is 11.8 Å². The van der Waals surface area contributed by atoms with Gasteiger partial charge in [-0.25, -0.2) is 0 Å². The van der Waals surface area contributed by atoms with Crippen LogP contribution in [-0.2, 0) is 9.47 Å². The van der Waals surface area contributed by atoms with Gasteiger partial charge >= 0.3 is 0 Å². The number of hydrogen-bond acceptors (Lipinski definition) is 4. The smallest absolute Gasteiger partial charge is 0.0666 e. The molecular formula is C9H19NO2S. The molecule has 2 unspecified atom stereocenters. The fourth-order valence-corrected chi connectivity index (χ4v) is 2.50. The zero-order valence-corrected chi connectivity index (χ0v) is 9.02. The van der Waals surface area contributed by atoms with Crippen LogP contribution >= 0.6 is 11.8 Å². The summed E-state index contributed by atoms with van der Waals surface area (Å²) in [6.07, 6.45) is 1.60. The van der Waals surface area contributed by atoms with Crippen molar-refractivity contribution in [3.8, 4) is 0 Å². The Kier molecular flexibility index (Phi) is 5.78. The molecular weight excluding hydrogens is 186 g/mol. The minimum absolute atomic E-state index is 0.416. The summed E-state index contributed by atoms with van der Waals surface area (Å²) in [4.78, 5) is 0. The molecule has 1 heterocycles. The summed E-state index contributed by atoms with van der Waals surface area (Å²) in [5.74, 6) is 1.05. The van der Waals surface area contributed by atoms with Gasteiger partial charge in [0.1, 0.15) is 0 Å². The highest BCUT2D eigenvalue weighted by Crippen LogP contribution is 2.25. The molecule has 1 rings (SSSR count). The van der Waals surface area contributed by atoms with E-state index in [2.05, 4.69) is 6.92 Å². The zero-order valence-electron chi connectivity index (χ0n) is 8.20. The molecule has 0 aromatic rings. The van der Waals surface area contributed by atoms with Crippen molar-refractivity contribution in [3.63, 3.8) is 0 Å². The summed E-state index contributed by atoms with van der Waals surface area (Å²) in [6.45, 7) is 5.17. The Morgan fingerprint density at radius 1 is 1.54 bits per heavy atom. The molecule has 2 atom stereocenters. The average Bonchev–Trinajstić information content (AvgIpc) is 2.52. The molecule has 0 aliphatic carbocycles. The van der Waals surface area contributed by atoms with E-state index in [1.54, 1.807) is 0 Å². The molecule has 0 aromatic carbocycles. The Bertz CT molecular complexity index is 135. The van der Waals surface area contributed by atoms with Crippen LogP contribution in [0.1, 0.15) is 13.3 Å². The van der Waals surface area contributed by atoms with E-state index in [1.165, 1.54) is 6.42 Å². The summed E-state index contributed by atoms with van der Waals surface area (Å²) in [5.41, 5.74) is 5.30. The number of nitrogens with two attached hydrogens (primary N) is 1. The zero-order chi connectivity index (χ0) is 9.52. The molecule has 0 bridgehead atoms. The first-order valence-corrected chi connectivity index (χ1v) is 5.90. The van der Waals surface area contributed by atoms with Crippen molar-refractivity contribution in [2.24, 2.45) is 5.73 Å². The molecule has 2 N–H and O–H groups in total. The summed E-state index contributed by atoms with van der Waals surface area (Å²) >= 11 is 1.95. The molecule has 1 saturated heterocycles. The van der Waals surface area contributed by atoms with Crippen LogP contribution in [0, 0.1) is 0 Å². The van der Waals surface area contributed by atoms with Crippen LogP contribution in [0.2, 0.25) is 0 Å². The quantitative estimate of drug-likeness (QED) is 0.654. The van der Waals surface area contributed by atoms with Gasteiger partial charge in [0.05, 0.1) is 19.3 Å². The number of rotatable bonds is 6. The van der Waals surface area contributed by atoms with Crippen molar-refractivity contribution >= 4 is 11.8 Å². The maximum Gasteiger partial charge on any atom is 0.0666 e. The lowest BCUT2D eigenvalue weighted by Gasteiger charge is -2.12. The van der Waals surface area contributed by atoms with Gasteiger partial charge in [-0.1, -0.05) is 0 Å². The first kappa shape index (κ1) is 11.3. The third kappa shape index (κ3) is 4.31. The van der Waals surface area contributed by atoms with E-state index in [0.717, 1.165) is 19.0 Å². The Hall–Kier alpha value is 0.230. The largest absolute Gasteiger partial charge is 0.379 e. The normalized spacial score (nSPS) is 28.2. The Labute approximate surface area is 84.3 Å². The van der Waals surface area contributed by atoms with E-state index in [4.69, 9.17) is 15.2 Å². The molecule has 4 heteroatoms. The van der Waals surface area contributed by atoms with Gasteiger partial charge < -0.3 is 15.2 Å². The van der Waals surface area contributed by atoms with Crippen LogP contribution in [0.3, 0.4) is 0 Å². The second kappa shape index (κ2) is 6.65. The average molecular weight is 205 g/mol. The lowest BCUT2D eigenvalue weighted by Crippen LogP contribution is -2.16. The van der Waals surface area contributed by atoms with Gasteiger partial charge in [0.25, 0.3) is 0 Å². The van der Waals surface area contributed by atoms with E-state index in [9.17, 15) is 0 Å². The molecule has 3 nitrogen and oxygen atoms in total. The Balaban J connectivity index is 1.93. The molecule has 0 aromatic heterocycles. The van der Waals surface area contributed by atoms with Crippen molar-refractivity contribution in [2.75, 3.05) is 32.1 Å². The van der Waals surface area contributed by atoms with Gasteiger partial charge in [-0.3, -0.25) is 0 Å². The lowest BCUT2D eigenvalue weighted by molar-refractivity contribution is 0.127. The molecule has 0 radical (unpaired) electrons. The van der Waals surface area contributed by atoms with Gasteiger partial charge in [0.15, 0.2) is 0 Å². The second-order valence-corrected chi connectivity index (χ2v) is 4.52. The van der Waals surface area contributed by atoms with Crippen molar-refractivity contribution in [1.82, 2.24) is 0 Å². The van der Waals surface area contributed by atoms with E-state index < -0.39 is 0 Å².